The number of hydrogen-bond donors (Lipinski definition) is 0. The van der Waals surface area contributed by atoms with Crippen molar-refractivity contribution in [3.63, 3.8) is 0 Å². The molecule has 3 aromatic carbocycles. The largest absolute Gasteiger partial charge is 2.00 e. The maximum Gasteiger partial charge on any atom is 2.00 e. The van der Waals surface area contributed by atoms with Gasteiger partial charge in [0.05, 0.1) is 5.69 Å². The summed E-state index contributed by atoms with van der Waals surface area (Å²) in [6.07, 6.45) is 0.751. The van der Waals surface area contributed by atoms with Gasteiger partial charge >= 0.3 is 21.1 Å². The number of benzene rings is 3. The molecule has 0 bridgehead atoms. The van der Waals surface area contributed by atoms with Crippen molar-refractivity contribution in [3.05, 3.63) is 106 Å². The molecule has 0 fully saturated rings. The summed E-state index contributed by atoms with van der Waals surface area (Å²) in [5, 5.41) is 20.3. The van der Waals surface area contributed by atoms with Crippen molar-refractivity contribution in [1.29, 1.82) is 0 Å². The van der Waals surface area contributed by atoms with Gasteiger partial charge in [0.2, 0.25) is 6.71 Å². The molecule has 1 heterocycles. The van der Waals surface area contributed by atoms with Gasteiger partial charge < -0.3 is 10.2 Å². The summed E-state index contributed by atoms with van der Waals surface area (Å²) < 4.78 is 0. The van der Waals surface area contributed by atoms with Crippen LogP contribution in [0.4, 0.5) is 0 Å². The van der Waals surface area contributed by atoms with Crippen LogP contribution < -0.4 is 26.6 Å². The van der Waals surface area contributed by atoms with E-state index in [9.17, 15) is 10.2 Å². The Morgan fingerprint density at radius 1 is 0.675 bits per heavy atom. The molecule has 1 aromatic heterocycles. The topological polar surface area (TPSA) is 59.0 Å². The number of pyridine rings is 1. The molecule has 5 heteroatoms. The zero-order chi connectivity index (χ0) is 28.9. The average molecular weight is 715 g/mol. The number of rotatable bonds is 6. The second-order valence-corrected chi connectivity index (χ2v) is 11.1. The zero-order valence-electron chi connectivity index (χ0n) is 25.4. The van der Waals surface area contributed by atoms with Crippen LogP contribution in [0.1, 0.15) is 59.2 Å². The minimum atomic E-state index is -0.688. The van der Waals surface area contributed by atoms with E-state index in [0.29, 0.717) is 0 Å². The van der Waals surface area contributed by atoms with Crippen LogP contribution in [0.5, 0.6) is 0 Å². The maximum atomic E-state index is 10.1. The molecule has 0 saturated heterocycles. The van der Waals surface area contributed by atoms with Crippen molar-refractivity contribution < 1.29 is 31.3 Å². The molecule has 0 aliphatic carbocycles. The van der Waals surface area contributed by atoms with Crippen LogP contribution in [0.25, 0.3) is 11.3 Å². The Labute approximate surface area is 256 Å². The number of hydrogen-bond acceptors (Lipinski definition) is 3. The first-order valence-corrected chi connectivity index (χ1v) is 13.9. The Hall–Kier alpha value is -2.52. The monoisotopic (exact) mass is 714 g/mol. The zero-order valence-corrected chi connectivity index (χ0v) is 27.6. The van der Waals surface area contributed by atoms with Gasteiger partial charge in [-0.2, -0.15) is 0 Å². The van der Waals surface area contributed by atoms with Gasteiger partial charge in [-0.3, -0.25) is 4.98 Å². The molecule has 0 aliphatic heterocycles. The predicted octanol–water partition coefficient (Wildman–Crippen LogP) is 4.30. The molecule has 2 atom stereocenters. The standard InChI is InChI=1S/C30H32BN.C5H10O2.Pt/c1-19-15-21(3)29(22(4)16-19)31(30-23(5)17-20(2)18-24(30)6)27-12-10-11-26(25(27)7)28-13-8-9-14-32-28;1-4(6)3-5(2)7;/h8-18H,1-7H3;4-5H,3H2,1-2H3;/q;-2;+2. The summed E-state index contributed by atoms with van der Waals surface area (Å²) in [5.41, 5.74) is 15.8. The van der Waals surface area contributed by atoms with E-state index in [0.717, 1.165) is 5.69 Å². The van der Waals surface area contributed by atoms with Crippen LogP contribution in [0, 0.1) is 48.5 Å². The van der Waals surface area contributed by atoms with E-state index < -0.39 is 12.2 Å². The van der Waals surface area contributed by atoms with Gasteiger partial charge in [-0.1, -0.05) is 119 Å². The van der Waals surface area contributed by atoms with Gasteiger partial charge in [0.15, 0.2) is 0 Å². The summed E-state index contributed by atoms with van der Waals surface area (Å²) in [6, 6.07) is 22.1. The van der Waals surface area contributed by atoms with E-state index in [1.165, 1.54) is 74.7 Å². The molecule has 40 heavy (non-hydrogen) atoms. The molecule has 0 amide bonds. The molecule has 0 radical (unpaired) electrons. The molecular formula is C35H42BNO2Pt. The van der Waals surface area contributed by atoms with Gasteiger partial charge in [-0.15, -0.1) is 12.2 Å². The minimum absolute atomic E-state index is 0. The third kappa shape index (κ3) is 8.26. The van der Waals surface area contributed by atoms with Crippen molar-refractivity contribution in [3.8, 4) is 11.3 Å². The molecule has 2 unspecified atom stereocenters. The van der Waals surface area contributed by atoms with Crippen LogP contribution in [-0.2, 0) is 21.1 Å². The average Bonchev–Trinajstić information content (AvgIpc) is 2.82. The third-order valence-electron chi connectivity index (χ3n) is 7.34. The molecule has 3 nitrogen and oxygen atoms in total. The second kappa shape index (κ2) is 14.9. The summed E-state index contributed by atoms with van der Waals surface area (Å²) in [6.45, 7) is 18.9. The second-order valence-electron chi connectivity index (χ2n) is 11.1. The molecule has 0 N–H and O–H groups in total. The van der Waals surface area contributed by atoms with Gasteiger partial charge in [0.25, 0.3) is 0 Å². The quantitative estimate of drug-likeness (QED) is 0.280. The Morgan fingerprint density at radius 3 is 1.52 bits per heavy atom. The summed E-state index contributed by atoms with van der Waals surface area (Å²) in [7, 11) is 0. The first-order chi connectivity index (χ1) is 18.4. The van der Waals surface area contributed by atoms with E-state index >= 15 is 0 Å². The van der Waals surface area contributed by atoms with Crippen molar-refractivity contribution in [2.24, 2.45) is 0 Å². The summed E-state index contributed by atoms with van der Waals surface area (Å²) >= 11 is 0. The fraction of sp³-hybridized carbons (Fsp3) is 0.343. The van der Waals surface area contributed by atoms with Crippen LogP contribution >= 0.6 is 0 Å². The van der Waals surface area contributed by atoms with Crippen molar-refractivity contribution >= 4 is 23.1 Å². The SMILES string of the molecule is CC([O-])CC(C)[O-].Cc1cc(C)c(B(c2cccc(-c3ccccn3)c2C)c2c(C)cc(C)cc2C)c(C)c1.[Pt+2]. The van der Waals surface area contributed by atoms with E-state index in [1.807, 2.05) is 12.3 Å². The first-order valence-electron chi connectivity index (χ1n) is 13.9. The number of aromatic nitrogens is 1. The Morgan fingerprint density at radius 2 is 1.15 bits per heavy atom. The summed E-state index contributed by atoms with van der Waals surface area (Å²) in [4.78, 5) is 4.65. The molecule has 4 rings (SSSR count). The Balaban J connectivity index is 0.000000623. The van der Waals surface area contributed by atoms with E-state index in [-0.39, 0.29) is 34.2 Å². The molecule has 4 aromatic rings. The smallest absolute Gasteiger partial charge is 0.852 e. The molecule has 0 aliphatic rings. The van der Waals surface area contributed by atoms with Crippen molar-refractivity contribution in [2.75, 3.05) is 0 Å². The van der Waals surface area contributed by atoms with E-state index in [4.69, 9.17) is 0 Å². The first kappa shape index (κ1) is 33.7. The fourth-order valence-corrected chi connectivity index (χ4v) is 5.98. The Bertz CT molecular complexity index is 1310. The number of nitrogens with zero attached hydrogens (tertiary/aromatic N) is 1. The van der Waals surface area contributed by atoms with Crippen LogP contribution in [0.3, 0.4) is 0 Å². The van der Waals surface area contributed by atoms with Crippen molar-refractivity contribution in [1.82, 2.24) is 4.98 Å². The van der Waals surface area contributed by atoms with Crippen LogP contribution in [0.2, 0.25) is 0 Å². The molecule has 0 spiro atoms. The fourth-order valence-electron chi connectivity index (χ4n) is 5.98. The maximum absolute atomic E-state index is 10.1. The van der Waals surface area contributed by atoms with E-state index in [1.54, 1.807) is 0 Å². The van der Waals surface area contributed by atoms with Gasteiger partial charge in [0, 0.05) is 11.8 Å². The Kier molecular flexibility index (Phi) is 12.6. The van der Waals surface area contributed by atoms with Gasteiger partial charge in [0.1, 0.15) is 0 Å². The van der Waals surface area contributed by atoms with E-state index in [2.05, 4.69) is 108 Å². The minimum Gasteiger partial charge on any atom is -0.852 e. The molecular weight excluding hydrogens is 672 g/mol. The van der Waals surface area contributed by atoms with Crippen LogP contribution in [0.15, 0.2) is 66.9 Å². The van der Waals surface area contributed by atoms with Crippen molar-refractivity contribution in [2.45, 2.75) is 80.9 Å². The van der Waals surface area contributed by atoms with Gasteiger partial charge in [-0.25, -0.2) is 0 Å². The predicted molar refractivity (Wildman–Crippen MR) is 164 cm³/mol. The van der Waals surface area contributed by atoms with Gasteiger partial charge in [-0.05, 0) is 66.2 Å². The summed E-state index contributed by atoms with van der Waals surface area (Å²) in [5.74, 6) is 0. The molecule has 0 saturated carbocycles. The number of aryl methyl sites for hydroxylation is 6. The third-order valence-corrected chi connectivity index (χ3v) is 7.34. The molecule has 212 valence electrons. The normalized spacial score (nSPS) is 12.1. The van der Waals surface area contributed by atoms with Crippen LogP contribution in [-0.4, -0.2) is 23.9 Å².